The van der Waals surface area contributed by atoms with Gasteiger partial charge in [0.05, 0.1) is 12.1 Å². The summed E-state index contributed by atoms with van der Waals surface area (Å²) in [6.07, 6.45) is 6.26. The monoisotopic (exact) mass is 535 g/mol. The molecule has 202 valence electrons. The SMILES string of the molecule is C[C@H](CCCCCc1ccccc1)[C@H](O)/C=C/[C@H]1CC(F)(F)C(=O)N1CCCc1ccc(OC(=O)O)s1. The highest BCUT2D eigenvalue weighted by molar-refractivity contribution is 7.13. The van der Waals surface area contributed by atoms with Crippen LogP contribution in [0.4, 0.5) is 13.6 Å². The van der Waals surface area contributed by atoms with E-state index in [0.717, 1.165) is 37.0 Å². The Hall–Kier alpha value is -2.78. The van der Waals surface area contributed by atoms with Crippen molar-refractivity contribution in [3.8, 4) is 5.06 Å². The van der Waals surface area contributed by atoms with Gasteiger partial charge in [0, 0.05) is 17.8 Å². The summed E-state index contributed by atoms with van der Waals surface area (Å²) in [7, 11) is 0. The second-order valence-corrected chi connectivity index (χ2v) is 10.7. The van der Waals surface area contributed by atoms with Gasteiger partial charge < -0.3 is 19.8 Å². The highest BCUT2D eigenvalue weighted by Crippen LogP contribution is 2.35. The fraction of sp³-hybridized carbons (Fsp3) is 0.500. The normalized spacial score (nSPS) is 18.9. The molecule has 0 aliphatic carbocycles. The van der Waals surface area contributed by atoms with Gasteiger partial charge >= 0.3 is 12.1 Å². The van der Waals surface area contributed by atoms with E-state index in [1.807, 2.05) is 25.1 Å². The summed E-state index contributed by atoms with van der Waals surface area (Å²) < 4.78 is 33.0. The highest BCUT2D eigenvalue weighted by atomic mass is 32.1. The Morgan fingerprint density at radius 2 is 1.92 bits per heavy atom. The summed E-state index contributed by atoms with van der Waals surface area (Å²) in [5, 5.41) is 19.5. The van der Waals surface area contributed by atoms with Crippen molar-refractivity contribution in [2.45, 2.75) is 76.4 Å². The molecule has 1 aromatic carbocycles. The van der Waals surface area contributed by atoms with Gasteiger partial charge in [0.1, 0.15) is 0 Å². The van der Waals surface area contributed by atoms with Crippen LogP contribution in [0, 0.1) is 5.92 Å². The maximum atomic E-state index is 14.2. The molecule has 0 unspecified atom stereocenters. The van der Waals surface area contributed by atoms with E-state index < -0.39 is 36.6 Å². The first-order valence-electron chi connectivity index (χ1n) is 12.7. The molecule has 0 radical (unpaired) electrons. The molecule has 1 aliphatic heterocycles. The van der Waals surface area contributed by atoms with Gasteiger partial charge in [0.25, 0.3) is 5.91 Å². The number of hydrogen-bond acceptors (Lipinski definition) is 5. The van der Waals surface area contributed by atoms with Gasteiger partial charge in [-0.3, -0.25) is 4.79 Å². The average Bonchev–Trinajstić information content (AvgIpc) is 3.38. The Labute approximate surface area is 220 Å². The topological polar surface area (TPSA) is 87.1 Å². The van der Waals surface area contributed by atoms with Crippen molar-refractivity contribution in [1.29, 1.82) is 0 Å². The predicted octanol–water partition coefficient (Wildman–Crippen LogP) is 6.33. The van der Waals surface area contributed by atoms with E-state index in [1.54, 1.807) is 24.3 Å². The summed E-state index contributed by atoms with van der Waals surface area (Å²) in [6, 6.07) is 12.8. The number of benzene rings is 1. The number of hydrogen-bond donors (Lipinski definition) is 2. The number of nitrogens with zero attached hydrogens (tertiary/aromatic N) is 1. The summed E-state index contributed by atoms with van der Waals surface area (Å²) in [4.78, 5) is 24.9. The molecular weight excluding hydrogens is 500 g/mol. The Balaban J connectivity index is 1.44. The predicted molar refractivity (Wildman–Crippen MR) is 139 cm³/mol. The van der Waals surface area contributed by atoms with Crippen LogP contribution in [-0.2, 0) is 17.6 Å². The van der Waals surface area contributed by atoms with Crippen molar-refractivity contribution in [3.63, 3.8) is 0 Å². The fourth-order valence-electron chi connectivity index (χ4n) is 4.54. The first kappa shape index (κ1) is 28.8. The molecule has 0 bridgehead atoms. The van der Waals surface area contributed by atoms with E-state index in [1.165, 1.54) is 21.8 Å². The van der Waals surface area contributed by atoms with Crippen LogP contribution in [0.25, 0.3) is 0 Å². The molecule has 1 aliphatic rings. The first-order chi connectivity index (χ1) is 17.7. The van der Waals surface area contributed by atoms with E-state index >= 15 is 0 Å². The van der Waals surface area contributed by atoms with Crippen LogP contribution in [-0.4, -0.2) is 51.8 Å². The number of alkyl halides is 2. The number of amides is 1. The second-order valence-electron chi connectivity index (χ2n) is 9.60. The van der Waals surface area contributed by atoms with Crippen LogP contribution in [0.5, 0.6) is 5.06 Å². The zero-order valence-corrected chi connectivity index (χ0v) is 21.8. The maximum absolute atomic E-state index is 14.2. The molecule has 3 atom stereocenters. The number of halogens is 2. The third-order valence-electron chi connectivity index (χ3n) is 6.67. The number of rotatable bonds is 14. The quantitative estimate of drug-likeness (QED) is 0.168. The molecule has 2 N–H and O–H groups in total. The fourth-order valence-corrected chi connectivity index (χ4v) is 5.43. The Morgan fingerprint density at radius 1 is 1.16 bits per heavy atom. The first-order valence-corrected chi connectivity index (χ1v) is 13.6. The van der Waals surface area contributed by atoms with E-state index in [-0.39, 0.29) is 17.5 Å². The van der Waals surface area contributed by atoms with Crippen LogP contribution in [0.2, 0.25) is 0 Å². The standard InChI is InChI=1S/C28H35F2NO5S/c1-20(9-4-2-5-10-21-11-6-3-7-12-21)24(32)16-14-22-19-28(29,30)26(33)31(22)18-8-13-23-15-17-25(37-23)36-27(34)35/h3,6-7,11-12,14-17,20,22,24,32H,2,4-5,8-10,13,18-19H2,1H3,(H,34,35)/b16-14+/t20-,22+,24-/m1/s1. The number of thiophene rings is 1. The van der Waals surface area contributed by atoms with Crippen LogP contribution in [0.3, 0.4) is 0 Å². The van der Waals surface area contributed by atoms with E-state index in [4.69, 9.17) is 5.11 Å². The van der Waals surface area contributed by atoms with Crippen molar-refractivity contribution in [2.75, 3.05) is 6.54 Å². The third kappa shape index (κ3) is 8.93. The lowest BCUT2D eigenvalue weighted by atomic mass is 9.95. The summed E-state index contributed by atoms with van der Waals surface area (Å²) in [5.41, 5.74) is 1.32. The summed E-state index contributed by atoms with van der Waals surface area (Å²) in [6.45, 7) is 2.09. The Morgan fingerprint density at radius 3 is 2.65 bits per heavy atom. The van der Waals surface area contributed by atoms with Gasteiger partial charge in [0.15, 0.2) is 5.06 Å². The lowest BCUT2D eigenvalue weighted by Gasteiger charge is -2.22. The van der Waals surface area contributed by atoms with Crippen molar-refractivity contribution < 1.29 is 33.3 Å². The number of carboxylic acid groups (broad SMARTS) is 1. The molecule has 0 saturated carbocycles. The van der Waals surface area contributed by atoms with Gasteiger partial charge in [-0.15, -0.1) is 11.3 Å². The largest absolute Gasteiger partial charge is 0.512 e. The van der Waals surface area contributed by atoms with Crippen molar-refractivity contribution in [1.82, 2.24) is 4.90 Å². The number of aliphatic hydroxyl groups is 1. The van der Waals surface area contributed by atoms with Gasteiger partial charge in [0.2, 0.25) is 0 Å². The second kappa shape index (κ2) is 13.7. The molecule has 1 fully saturated rings. The highest BCUT2D eigenvalue weighted by Gasteiger charge is 2.52. The lowest BCUT2D eigenvalue weighted by molar-refractivity contribution is -0.148. The Kier molecular flexibility index (Phi) is 10.6. The summed E-state index contributed by atoms with van der Waals surface area (Å²) in [5.74, 6) is -4.63. The molecule has 37 heavy (non-hydrogen) atoms. The number of unbranched alkanes of at least 4 members (excludes halogenated alkanes) is 2. The summed E-state index contributed by atoms with van der Waals surface area (Å²) >= 11 is 1.17. The molecule has 1 aromatic heterocycles. The maximum Gasteiger partial charge on any atom is 0.512 e. The molecular formula is C28H35F2NO5S. The number of ether oxygens (including phenoxy) is 1. The van der Waals surface area contributed by atoms with Gasteiger partial charge in [-0.1, -0.05) is 62.2 Å². The van der Waals surface area contributed by atoms with Gasteiger partial charge in [-0.2, -0.15) is 8.78 Å². The molecule has 6 nitrogen and oxygen atoms in total. The minimum Gasteiger partial charge on any atom is -0.449 e. The van der Waals surface area contributed by atoms with Crippen LogP contribution in [0.1, 0.15) is 55.9 Å². The molecule has 0 spiro atoms. The molecule has 1 saturated heterocycles. The third-order valence-corrected chi connectivity index (χ3v) is 7.69. The van der Waals surface area contributed by atoms with Crippen LogP contribution < -0.4 is 4.74 Å². The minimum absolute atomic E-state index is 0.0138. The number of aryl methyl sites for hydroxylation is 2. The number of aliphatic hydroxyl groups excluding tert-OH is 1. The van der Waals surface area contributed by atoms with Crippen molar-refractivity contribution >= 4 is 23.4 Å². The number of likely N-dealkylation sites (tertiary alicyclic amines) is 1. The van der Waals surface area contributed by atoms with Gasteiger partial charge in [-0.05, 0) is 55.7 Å². The zero-order chi connectivity index (χ0) is 26.8. The number of carbonyl (C=O) groups excluding carboxylic acids is 1. The van der Waals surface area contributed by atoms with E-state index in [9.17, 15) is 23.5 Å². The van der Waals surface area contributed by atoms with Crippen molar-refractivity contribution in [3.05, 3.63) is 65.1 Å². The molecule has 2 heterocycles. The number of carbonyl (C=O) groups is 2. The molecule has 1 amide bonds. The Bertz CT molecular complexity index is 1040. The van der Waals surface area contributed by atoms with E-state index in [0.29, 0.717) is 12.8 Å². The minimum atomic E-state index is -3.42. The molecule has 2 aromatic rings. The average molecular weight is 536 g/mol. The molecule has 9 heteroatoms. The lowest BCUT2D eigenvalue weighted by Crippen LogP contribution is -2.36. The van der Waals surface area contributed by atoms with Crippen molar-refractivity contribution in [2.24, 2.45) is 5.92 Å². The smallest absolute Gasteiger partial charge is 0.449 e. The van der Waals surface area contributed by atoms with Gasteiger partial charge in [-0.25, -0.2) is 4.79 Å². The van der Waals surface area contributed by atoms with E-state index in [2.05, 4.69) is 16.9 Å². The molecule has 3 rings (SSSR count). The van der Waals surface area contributed by atoms with Crippen LogP contribution in [0.15, 0.2) is 54.6 Å². The van der Waals surface area contributed by atoms with Crippen LogP contribution >= 0.6 is 11.3 Å². The zero-order valence-electron chi connectivity index (χ0n) is 21.0.